The SMILES string of the molecule is CC(N)Cc1ccc(N(C)Cc2ccccc2)c(F)c1. The van der Waals surface area contributed by atoms with Crippen molar-refractivity contribution in [3.63, 3.8) is 0 Å². The molecular weight excluding hydrogens is 251 g/mol. The van der Waals surface area contributed by atoms with E-state index in [1.807, 2.05) is 61.3 Å². The molecule has 2 aromatic rings. The Balaban J connectivity index is 2.12. The second kappa shape index (κ2) is 6.53. The lowest BCUT2D eigenvalue weighted by Crippen LogP contribution is -2.19. The van der Waals surface area contributed by atoms with Crippen LogP contribution in [0.15, 0.2) is 48.5 Å². The lowest BCUT2D eigenvalue weighted by atomic mass is 10.1. The van der Waals surface area contributed by atoms with Gasteiger partial charge in [0.2, 0.25) is 0 Å². The number of hydrogen-bond donors (Lipinski definition) is 1. The van der Waals surface area contributed by atoms with Gasteiger partial charge in [0.05, 0.1) is 5.69 Å². The summed E-state index contributed by atoms with van der Waals surface area (Å²) < 4.78 is 14.2. The average Bonchev–Trinajstić information content (AvgIpc) is 2.39. The highest BCUT2D eigenvalue weighted by atomic mass is 19.1. The molecule has 1 atom stereocenters. The van der Waals surface area contributed by atoms with Crippen LogP contribution in [0.5, 0.6) is 0 Å². The summed E-state index contributed by atoms with van der Waals surface area (Å²) in [6.07, 6.45) is 0.694. The summed E-state index contributed by atoms with van der Waals surface area (Å²) in [4.78, 5) is 1.92. The van der Waals surface area contributed by atoms with Crippen LogP contribution in [0.25, 0.3) is 0 Å². The van der Waals surface area contributed by atoms with Gasteiger partial charge in [-0.1, -0.05) is 36.4 Å². The maximum absolute atomic E-state index is 14.2. The van der Waals surface area contributed by atoms with Gasteiger partial charge in [0, 0.05) is 19.6 Å². The Labute approximate surface area is 120 Å². The van der Waals surface area contributed by atoms with E-state index in [4.69, 9.17) is 5.73 Å². The second-order valence-corrected chi connectivity index (χ2v) is 5.31. The highest BCUT2D eigenvalue weighted by molar-refractivity contribution is 5.49. The van der Waals surface area contributed by atoms with Gasteiger partial charge in [0.15, 0.2) is 0 Å². The van der Waals surface area contributed by atoms with Crippen LogP contribution in [-0.4, -0.2) is 13.1 Å². The van der Waals surface area contributed by atoms with Crippen LogP contribution < -0.4 is 10.6 Å². The summed E-state index contributed by atoms with van der Waals surface area (Å²) in [5, 5.41) is 0. The zero-order chi connectivity index (χ0) is 14.5. The topological polar surface area (TPSA) is 29.3 Å². The van der Waals surface area contributed by atoms with E-state index in [2.05, 4.69) is 0 Å². The Hall–Kier alpha value is -1.87. The number of nitrogens with two attached hydrogens (primary N) is 1. The molecule has 20 heavy (non-hydrogen) atoms. The first-order valence-corrected chi connectivity index (χ1v) is 6.85. The highest BCUT2D eigenvalue weighted by Crippen LogP contribution is 2.21. The first kappa shape index (κ1) is 14.5. The van der Waals surface area contributed by atoms with Gasteiger partial charge in [-0.05, 0) is 36.6 Å². The molecule has 2 N–H and O–H groups in total. The fourth-order valence-electron chi connectivity index (χ4n) is 2.30. The van der Waals surface area contributed by atoms with E-state index in [1.165, 1.54) is 0 Å². The molecule has 106 valence electrons. The van der Waals surface area contributed by atoms with Crippen LogP contribution >= 0.6 is 0 Å². The van der Waals surface area contributed by atoms with Gasteiger partial charge >= 0.3 is 0 Å². The largest absolute Gasteiger partial charge is 0.368 e. The van der Waals surface area contributed by atoms with Gasteiger partial charge in [0.1, 0.15) is 5.82 Å². The number of nitrogens with zero attached hydrogens (tertiary/aromatic N) is 1. The fourth-order valence-corrected chi connectivity index (χ4v) is 2.30. The van der Waals surface area contributed by atoms with E-state index in [0.29, 0.717) is 18.7 Å². The predicted molar refractivity (Wildman–Crippen MR) is 82.3 cm³/mol. The maximum atomic E-state index is 14.2. The molecule has 0 amide bonds. The lowest BCUT2D eigenvalue weighted by molar-refractivity contribution is 0.617. The monoisotopic (exact) mass is 272 g/mol. The van der Waals surface area contributed by atoms with Crippen molar-refractivity contribution in [3.8, 4) is 0 Å². The van der Waals surface area contributed by atoms with Crippen LogP contribution in [0.3, 0.4) is 0 Å². The van der Waals surface area contributed by atoms with Gasteiger partial charge in [-0.2, -0.15) is 0 Å². The molecule has 0 aliphatic rings. The molecule has 0 heterocycles. The van der Waals surface area contributed by atoms with Gasteiger partial charge < -0.3 is 10.6 Å². The standard InChI is InChI=1S/C17H21FN2/c1-13(19)10-15-8-9-17(16(18)11-15)20(2)12-14-6-4-3-5-7-14/h3-9,11,13H,10,12,19H2,1-2H3. The Morgan fingerprint density at radius 3 is 2.40 bits per heavy atom. The Bertz CT molecular complexity index is 552. The number of rotatable bonds is 5. The number of hydrogen-bond acceptors (Lipinski definition) is 2. The summed E-state index contributed by atoms with van der Waals surface area (Å²) in [7, 11) is 1.90. The van der Waals surface area contributed by atoms with Crippen LogP contribution in [-0.2, 0) is 13.0 Å². The molecule has 0 saturated heterocycles. The van der Waals surface area contributed by atoms with Crippen LogP contribution in [0.4, 0.5) is 10.1 Å². The third-order valence-corrected chi connectivity index (χ3v) is 3.24. The third-order valence-electron chi connectivity index (χ3n) is 3.24. The molecule has 0 fully saturated rings. The minimum Gasteiger partial charge on any atom is -0.368 e. The van der Waals surface area contributed by atoms with E-state index in [0.717, 1.165) is 11.1 Å². The summed E-state index contributed by atoms with van der Waals surface area (Å²) in [6, 6.07) is 15.4. The molecule has 0 aliphatic carbocycles. The van der Waals surface area contributed by atoms with Crippen molar-refractivity contribution in [1.82, 2.24) is 0 Å². The fraction of sp³-hybridized carbons (Fsp3) is 0.294. The predicted octanol–water partition coefficient (Wildman–Crippen LogP) is 3.35. The summed E-state index contributed by atoms with van der Waals surface area (Å²) in [5.41, 5.74) is 8.46. The molecule has 1 unspecified atom stereocenters. The molecule has 0 saturated carbocycles. The molecule has 2 aromatic carbocycles. The van der Waals surface area contributed by atoms with Crippen LogP contribution in [0.1, 0.15) is 18.1 Å². The number of benzene rings is 2. The van der Waals surface area contributed by atoms with Crippen molar-refractivity contribution in [2.45, 2.75) is 25.9 Å². The quantitative estimate of drug-likeness (QED) is 0.904. The Morgan fingerprint density at radius 2 is 1.80 bits per heavy atom. The number of anilines is 1. The van der Waals surface area contributed by atoms with Crippen molar-refractivity contribution in [3.05, 3.63) is 65.5 Å². The van der Waals surface area contributed by atoms with Crippen molar-refractivity contribution in [2.24, 2.45) is 5.73 Å². The molecule has 2 rings (SSSR count). The van der Waals surface area contributed by atoms with Crippen molar-refractivity contribution >= 4 is 5.69 Å². The normalized spacial score (nSPS) is 12.2. The first-order valence-electron chi connectivity index (χ1n) is 6.85. The van der Waals surface area contributed by atoms with Crippen molar-refractivity contribution in [2.75, 3.05) is 11.9 Å². The highest BCUT2D eigenvalue weighted by Gasteiger charge is 2.09. The lowest BCUT2D eigenvalue weighted by Gasteiger charge is -2.20. The molecule has 0 bridgehead atoms. The van der Waals surface area contributed by atoms with E-state index in [-0.39, 0.29) is 11.9 Å². The van der Waals surface area contributed by atoms with Gasteiger partial charge in [0.25, 0.3) is 0 Å². The van der Waals surface area contributed by atoms with Crippen LogP contribution in [0.2, 0.25) is 0 Å². The number of halogens is 1. The molecule has 2 nitrogen and oxygen atoms in total. The summed E-state index contributed by atoms with van der Waals surface area (Å²) in [6.45, 7) is 2.61. The van der Waals surface area contributed by atoms with Gasteiger partial charge in [-0.3, -0.25) is 0 Å². The molecule has 0 aliphatic heterocycles. The maximum Gasteiger partial charge on any atom is 0.146 e. The molecule has 0 radical (unpaired) electrons. The minimum absolute atomic E-state index is 0.0438. The average molecular weight is 272 g/mol. The summed E-state index contributed by atoms with van der Waals surface area (Å²) in [5.74, 6) is -0.193. The van der Waals surface area contributed by atoms with E-state index in [1.54, 1.807) is 6.07 Å². The Morgan fingerprint density at radius 1 is 1.10 bits per heavy atom. The van der Waals surface area contributed by atoms with Crippen molar-refractivity contribution in [1.29, 1.82) is 0 Å². The Kier molecular flexibility index (Phi) is 4.74. The molecule has 3 heteroatoms. The molecule has 0 spiro atoms. The zero-order valence-corrected chi connectivity index (χ0v) is 12.0. The molecule has 0 aromatic heterocycles. The first-order chi connectivity index (χ1) is 9.56. The van der Waals surface area contributed by atoms with Gasteiger partial charge in [-0.25, -0.2) is 4.39 Å². The van der Waals surface area contributed by atoms with E-state index in [9.17, 15) is 4.39 Å². The van der Waals surface area contributed by atoms with E-state index >= 15 is 0 Å². The summed E-state index contributed by atoms with van der Waals surface area (Å²) >= 11 is 0. The van der Waals surface area contributed by atoms with Gasteiger partial charge in [-0.15, -0.1) is 0 Å². The zero-order valence-electron chi connectivity index (χ0n) is 12.0. The third kappa shape index (κ3) is 3.81. The second-order valence-electron chi connectivity index (χ2n) is 5.31. The van der Waals surface area contributed by atoms with Crippen molar-refractivity contribution < 1.29 is 4.39 Å². The molecular formula is C17H21FN2. The smallest absolute Gasteiger partial charge is 0.146 e. The van der Waals surface area contributed by atoms with Crippen LogP contribution in [0, 0.1) is 5.82 Å². The van der Waals surface area contributed by atoms with E-state index < -0.39 is 0 Å². The minimum atomic E-state index is -0.193.